The molecule has 1 heterocycles. The summed E-state index contributed by atoms with van der Waals surface area (Å²) in [6.07, 6.45) is 1.68. The van der Waals surface area contributed by atoms with Crippen molar-refractivity contribution in [2.75, 3.05) is 12.3 Å². The van der Waals surface area contributed by atoms with Crippen molar-refractivity contribution in [2.45, 2.75) is 5.75 Å². The van der Waals surface area contributed by atoms with E-state index in [0.717, 1.165) is 20.8 Å². The Labute approximate surface area is 130 Å². The minimum absolute atomic E-state index is 0.0166. The molecule has 0 saturated heterocycles. The van der Waals surface area contributed by atoms with Crippen molar-refractivity contribution in [1.82, 2.24) is 5.32 Å². The maximum atomic E-state index is 11.8. The van der Waals surface area contributed by atoms with E-state index in [1.807, 2.05) is 36.4 Å². The Hall–Kier alpha value is -0.950. The molecule has 0 saturated carbocycles. The Morgan fingerprint density at radius 3 is 2.95 bits per heavy atom. The quantitative estimate of drug-likeness (QED) is 0.609. The molecule has 0 aliphatic carbocycles. The first-order valence-corrected chi connectivity index (χ1v) is 8.13. The zero-order chi connectivity index (χ0) is 13.5. The number of halogens is 1. The summed E-state index contributed by atoms with van der Waals surface area (Å²) in [5, 5.41) is 2.91. The van der Waals surface area contributed by atoms with Crippen LogP contribution in [0.2, 0.25) is 0 Å². The molecule has 0 spiro atoms. The predicted molar refractivity (Wildman–Crippen MR) is 86.4 cm³/mol. The summed E-state index contributed by atoms with van der Waals surface area (Å²) in [4.78, 5) is 11.8. The summed E-state index contributed by atoms with van der Waals surface area (Å²) in [6.45, 7) is 0.662. The van der Waals surface area contributed by atoms with Gasteiger partial charge in [-0.15, -0.1) is 0 Å². The number of carbonyl (C=O) groups is 1. The zero-order valence-electron chi connectivity index (χ0n) is 10.3. The Morgan fingerprint density at radius 1 is 1.32 bits per heavy atom. The Morgan fingerprint density at radius 2 is 2.21 bits per heavy atom. The molecule has 0 unspecified atom stereocenters. The molecule has 19 heavy (non-hydrogen) atoms. The van der Waals surface area contributed by atoms with E-state index in [2.05, 4.69) is 27.9 Å². The Kier molecular flexibility index (Phi) is 5.78. The fraction of sp³-hybridized carbons (Fsp3) is 0.214. The number of nitrogens with one attached hydrogen (secondary N) is 1. The normalized spacial score (nSPS) is 10.4. The number of hydrogen-bond acceptors (Lipinski definition) is 3. The monoisotopic (exact) mass is 387 g/mol. The van der Waals surface area contributed by atoms with E-state index >= 15 is 0 Å². The minimum atomic E-state index is -0.0166. The van der Waals surface area contributed by atoms with Crippen LogP contribution in [0.1, 0.15) is 16.1 Å². The molecule has 2 aromatic rings. The molecule has 1 amide bonds. The topological polar surface area (TPSA) is 42.2 Å². The summed E-state index contributed by atoms with van der Waals surface area (Å²) in [5.74, 6) is 2.66. The largest absolute Gasteiger partial charge is 0.468 e. The van der Waals surface area contributed by atoms with E-state index < -0.39 is 0 Å². The van der Waals surface area contributed by atoms with E-state index in [0.29, 0.717) is 12.1 Å². The average Bonchev–Trinajstić information content (AvgIpc) is 2.91. The molecule has 0 aliphatic heterocycles. The van der Waals surface area contributed by atoms with Crippen molar-refractivity contribution in [3.05, 3.63) is 57.6 Å². The van der Waals surface area contributed by atoms with E-state index in [4.69, 9.17) is 4.42 Å². The van der Waals surface area contributed by atoms with Crippen LogP contribution in [0.25, 0.3) is 0 Å². The van der Waals surface area contributed by atoms with Crippen LogP contribution in [-0.4, -0.2) is 18.2 Å². The summed E-state index contributed by atoms with van der Waals surface area (Å²) in [5.41, 5.74) is 0.711. The van der Waals surface area contributed by atoms with Gasteiger partial charge in [-0.25, -0.2) is 0 Å². The first-order valence-electron chi connectivity index (χ1n) is 5.89. The molecule has 5 heteroatoms. The van der Waals surface area contributed by atoms with Crippen LogP contribution in [0.4, 0.5) is 0 Å². The Balaban J connectivity index is 1.67. The molecule has 3 nitrogen and oxygen atoms in total. The van der Waals surface area contributed by atoms with Crippen LogP contribution in [0, 0.1) is 3.57 Å². The van der Waals surface area contributed by atoms with Gasteiger partial charge in [-0.2, -0.15) is 11.8 Å². The summed E-state index contributed by atoms with van der Waals surface area (Å²) in [6, 6.07) is 11.4. The van der Waals surface area contributed by atoms with E-state index in [-0.39, 0.29) is 5.91 Å². The van der Waals surface area contributed by atoms with Gasteiger partial charge in [-0.3, -0.25) is 4.79 Å². The molecule has 1 aromatic carbocycles. The SMILES string of the molecule is O=C(NCCSCc1ccco1)c1cccc(I)c1. The standard InChI is InChI=1S/C14H14INO2S/c15-12-4-1-3-11(9-12)14(17)16-6-8-19-10-13-5-2-7-18-13/h1-5,7,9H,6,8,10H2,(H,16,17). The van der Waals surface area contributed by atoms with Crippen LogP contribution < -0.4 is 5.32 Å². The zero-order valence-corrected chi connectivity index (χ0v) is 13.2. The molecule has 0 atom stereocenters. The van der Waals surface area contributed by atoms with Crippen molar-refractivity contribution in [3.63, 3.8) is 0 Å². The van der Waals surface area contributed by atoms with Gasteiger partial charge in [0, 0.05) is 21.4 Å². The third-order valence-corrected chi connectivity index (χ3v) is 4.10. The first kappa shape index (κ1) is 14.5. The highest BCUT2D eigenvalue weighted by molar-refractivity contribution is 14.1. The van der Waals surface area contributed by atoms with Crippen molar-refractivity contribution in [2.24, 2.45) is 0 Å². The predicted octanol–water partition coefficient (Wildman–Crippen LogP) is 3.55. The maximum absolute atomic E-state index is 11.8. The molecular formula is C14H14INO2S. The third-order valence-electron chi connectivity index (χ3n) is 2.44. The number of hydrogen-bond donors (Lipinski definition) is 1. The van der Waals surface area contributed by atoms with Gasteiger partial charge in [0.25, 0.3) is 5.91 Å². The molecule has 0 bridgehead atoms. The lowest BCUT2D eigenvalue weighted by atomic mass is 10.2. The van der Waals surface area contributed by atoms with Gasteiger partial charge in [0.2, 0.25) is 0 Å². The van der Waals surface area contributed by atoms with E-state index in [9.17, 15) is 4.79 Å². The van der Waals surface area contributed by atoms with Crippen molar-refractivity contribution in [3.8, 4) is 0 Å². The summed E-state index contributed by atoms with van der Waals surface area (Å²) < 4.78 is 6.30. The van der Waals surface area contributed by atoms with Gasteiger partial charge in [0.05, 0.1) is 12.0 Å². The Bertz CT molecular complexity index is 528. The highest BCUT2D eigenvalue weighted by Crippen LogP contribution is 2.11. The third kappa shape index (κ3) is 4.91. The van der Waals surface area contributed by atoms with Crippen LogP contribution in [0.5, 0.6) is 0 Å². The smallest absolute Gasteiger partial charge is 0.251 e. The van der Waals surface area contributed by atoms with Gasteiger partial charge >= 0.3 is 0 Å². The number of amides is 1. The second-order valence-corrected chi connectivity index (χ2v) is 6.25. The molecule has 0 fully saturated rings. The number of carbonyl (C=O) groups excluding carboxylic acids is 1. The van der Waals surface area contributed by atoms with Crippen molar-refractivity contribution < 1.29 is 9.21 Å². The van der Waals surface area contributed by atoms with Crippen LogP contribution >= 0.6 is 34.4 Å². The number of thioether (sulfide) groups is 1. The molecule has 1 N–H and O–H groups in total. The van der Waals surface area contributed by atoms with Crippen molar-refractivity contribution >= 4 is 40.3 Å². The number of furan rings is 1. The second kappa shape index (κ2) is 7.59. The highest BCUT2D eigenvalue weighted by Gasteiger charge is 2.04. The van der Waals surface area contributed by atoms with E-state index in [1.165, 1.54) is 0 Å². The summed E-state index contributed by atoms with van der Waals surface area (Å²) >= 11 is 3.94. The highest BCUT2D eigenvalue weighted by atomic mass is 127. The lowest BCUT2D eigenvalue weighted by Crippen LogP contribution is -2.25. The van der Waals surface area contributed by atoms with Crippen LogP contribution in [0.15, 0.2) is 47.1 Å². The van der Waals surface area contributed by atoms with Crippen LogP contribution in [-0.2, 0) is 5.75 Å². The number of benzene rings is 1. The summed E-state index contributed by atoms with van der Waals surface area (Å²) in [7, 11) is 0. The van der Waals surface area contributed by atoms with Gasteiger partial charge in [0.1, 0.15) is 5.76 Å². The maximum Gasteiger partial charge on any atom is 0.251 e. The molecule has 0 radical (unpaired) electrons. The van der Waals surface area contributed by atoms with Crippen molar-refractivity contribution in [1.29, 1.82) is 0 Å². The molecular weight excluding hydrogens is 373 g/mol. The molecule has 1 aromatic heterocycles. The molecule has 100 valence electrons. The van der Waals surface area contributed by atoms with Gasteiger partial charge in [-0.1, -0.05) is 6.07 Å². The minimum Gasteiger partial charge on any atom is -0.468 e. The first-order chi connectivity index (χ1) is 9.25. The fourth-order valence-corrected chi connectivity index (χ4v) is 2.84. The molecule has 0 aliphatic rings. The van der Waals surface area contributed by atoms with E-state index in [1.54, 1.807) is 18.0 Å². The lowest BCUT2D eigenvalue weighted by molar-refractivity contribution is 0.0956. The van der Waals surface area contributed by atoms with Gasteiger partial charge in [-0.05, 0) is 52.9 Å². The molecule has 2 rings (SSSR count). The lowest BCUT2D eigenvalue weighted by Gasteiger charge is -2.05. The van der Waals surface area contributed by atoms with Gasteiger partial charge < -0.3 is 9.73 Å². The average molecular weight is 387 g/mol. The number of rotatable bonds is 6. The van der Waals surface area contributed by atoms with Crippen LogP contribution in [0.3, 0.4) is 0 Å². The fourth-order valence-electron chi connectivity index (χ4n) is 1.54. The van der Waals surface area contributed by atoms with Gasteiger partial charge in [0.15, 0.2) is 0 Å². The second-order valence-electron chi connectivity index (χ2n) is 3.90.